The molecule has 0 radical (unpaired) electrons. The first-order valence-corrected chi connectivity index (χ1v) is 11.8. The molecule has 1 aliphatic rings. The van der Waals surface area contributed by atoms with Gasteiger partial charge in [0.1, 0.15) is 10.8 Å². The van der Waals surface area contributed by atoms with E-state index < -0.39 is 0 Å². The molecular formula is C24H32N6S. The maximum Gasteiger partial charge on any atom is 0.226 e. The summed E-state index contributed by atoms with van der Waals surface area (Å²) in [5.41, 5.74) is 4.75. The summed E-state index contributed by atoms with van der Waals surface area (Å²) in [4.78, 5) is 21.0. The molecule has 2 aromatic heterocycles. The van der Waals surface area contributed by atoms with Crippen molar-refractivity contribution in [1.82, 2.24) is 19.9 Å². The van der Waals surface area contributed by atoms with Gasteiger partial charge in [-0.15, -0.1) is 11.3 Å². The Morgan fingerprint density at radius 2 is 1.71 bits per heavy atom. The SMILES string of the molecule is Cc1cc(N2CCN(Cc3csc(-c4ccc(C(C)C)cc4)n3)CC2)nc(N(C)C)n1. The predicted octanol–water partition coefficient (Wildman–Crippen LogP) is 4.42. The summed E-state index contributed by atoms with van der Waals surface area (Å²) in [6.45, 7) is 11.3. The Balaban J connectivity index is 1.35. The summed E-state index contributed by atoms with van der Waals surface area (Å²) in [7, 11) is 3.97. The lowest BCUT2D eigenvalue weighted by Crippen LogP contribution is -2.46. The Labute approximate surface area is 189 Å². The highest BCUT2D eigenvalue weighted by molar-refractivity contribution is 7.13. The molecule has 0 aliphatic carbocycles. The van der Waals surface area contributed by atoms with Crippen LogP contribution in [0.3, 0.4) is 0 Å². The van der Waals surface area contributed by atoms with Crippen LogP contribution in [0.1, 0.15) is 36.7 Å². The van der Waals surface area contributed by atoms with Crippen molar-refractivity contribution in [3.05, 3.63) is 52.7 Å². The van der Waals surface area contributed by atoms with Crippen LogP contribution in [0.2, 0.25) is 0 Å². The van der Waals surface area contributed by atoms with Crippen LogP contribution >= 0.6 is 11.3 Å². The van der Waals surface area contributed by atoms with Gasteiger partial charge in [0.15, 0.2) is 0 Å². The second-order valence-corrected chi connectivity index (χ2v) is 9.60. The number of aromatic nitrogens is 3. The highest BCUT2D eigenvalue weighted by Gasteiger charge is 2.20. The van der Waals surface area contributed by atoms with Crippen LogP contribution in [-0.4, -0.2) is 60.1 Å². The van der Waals surface area contributed by atoms with E-state index in [4.69, 9.17) is 9.97 Å². The normalized spacial score (nSPS) is 15.0. The van der Waals surface area contributed by atoms with Crippen molar-refractivity contribution in [1.29, 1.82) is 0 Å². The number of anilines is 2. The van der Waals surface area contributed by atoms with E-state index in [1.165, 1.54) is 11.1 Å². The maximum absolute atomic E-state index is 4.91. The standard InChI is InChI=1S/C24H32N6S/c1-17(2)19-6-8-20(9-7-19)23-26-21(16-31-23)15-29-10-12-30(13-11-29)22-14-18(3)25-24(27-22)28(4)5/h6-9,14,16-17H,10-13,15H2,1-5H3. The van der Waals surface area contributed by atoms with Gasteiger partial charge in [0.25, 0.3) is 0 Å². The second-order valence-electron chi connectivity index (χ2n) is 8.75. The first-order valence-electron chi connectivity index (χ1n) is 10.9. The zero-order chi connectivity index (χ0) is 22.0. The van der Waals surface area contributed by atoms with E-state index in [0.717, 1.165) is 60.9 Å². The van der Waals surface area contributed by atoms with Crippen molar-refractivity contribution < 1.29 is 0 Å². The van der Waals surface area contributed by atoms with Crippen LogP contribution in [0.25, 0.3) is 10.6 Å². The summed E-state index contributed by atoms with van der Waals surface area (Å²) in [6, 6.07) is 10.9. The molecule has 31 heavy (non-hydrogen) atoms. The largest absolute Gasteiger partial charge is 0.354 e. The maximum atomic E-state index is 4.91. The molecule has 7 heteroatoms. The quantitative estimate of drug-likeness (QED) is 0.570. The summed E-state index contributed by atoms with van der Waals surface area (Å²) in [6.07, 6.45) is 0. The molecule has 0 N–H and O–H groups in total. The predicted molar refractivity (Wildman–Crippen MR) is 130 cm³/mol. The monoisotopic (exact) mass is 436 g/mol. The molecule has 1 aliphatic heterocycles. The topological polar surface area (TPSA) is 48.4 Å². The van der Waals surface area contributed by atoms with Crippen molar-refractivity contribution in [2.45, 2.75) is 33.2 Å². The van der Waals surface area contributed by atoms with Crippen molar-refractivity contribution in [2.75, 3.05) is 50.1 Å². The summed E-state index contributed by atoms with van der Waals surface area (Å²) in [5, 5.41) is 3.31. The minimum atomic E-state index is 0.556. The molecule has 0 bridgehead atoms. The molecule has 3 aromatic rings. The van der Waals surface area contributed by atoms with Crippen LogP contribution < -0.4 is 9.80 Å². The first kappa shape index (κ1) is 21.7. The number of aryl methyl sites for hydroxylation is 1. The fourth-order valence-corrected chi connectivity index (χ4v) is 4.60. The highest BCUT2D eigenvalue weighted by Crippen LogP contribution is 2.26. The molecule has 0 atom stereocenters. The second kappa shape index (κ2) is 9.32. The number of nitrogens with zero attached hydrogens (tertiary/aromatic N) is 6. The molecule has 164 valence electrons. The third kappa shape index (κ3) is 5.22. The van der Waals surface area contributed by atoms with Crippen molar-refractivity contribution in [3.63, 3.8) is 0 Å². The number of benzene rings is 1. The van der Waals surface area contributed by atoms with Crippen LogP contribution in [0.5, 0.6) is 0 Å². The molecule has 0 amide bonds. The summed E-state index contributed by atoms with van der Waals surface area (Å²) < 4.78 is 0. The van der Waals surface area contributed by atoms with E-state index in [9.17, 15) is 0 Å². The first-order chi connectivity index (χ1) is 14.9. The van der Waals surface area contributed by atoms with E-state index in [1.807, 2.05) is 25.9 Å². The Kier molecular flexibility index (Phi) is 6.53. The summed E-state index contributed by atoms with van der Waals surface area (Å²) in [5.74, 6) is 2.35. The van der Waals surface area contributed by atoms with Gasteiger partial charge in [-0.1, -0.05) is 38.1 Å². The molecule has 4 rings (SSSR count). The molecule has 6 nitrogen and oxygen atoms in total. The Bertz CT molecular complexity index is 1000. The van der Waals surface area contributed by atoms with Gasteiger partial charge in [-0.25, -0.2) is 9.97 Å². The number of piperazine rings is 1. The van der Waals surface area contributed by atoms with E-state index in [-0.39, 0.29) is 0 Å². The van der Waals surface area contributed by atoms with Crippen molar-refractivity contribution in [2.24, 2.45) is 0 Å². The zero-order valence-electron chi connectivity index (χ0n) is 19.2. The lowest BCUT2D eigenvalue weighted by molar-refractivity contribution is 0.247. The number of hydrogen-bond acceptors (Lipinski definition) is 7. The summed E-state index contributed by atoms with van der Waals surface area (Å²) >= 11 is 1.74. The minimum absolute atomic E-state index is 0.556. The molecule has 0 saturated carbocycles. The zero-order valence-corrected chi connectivity index (χ0v) is 20.0. The van der Waals surface area contributed by atoms with Crippen molar-refractivity contribution >= 4 is 23.1 Å². The van der Waals surface area contributed by atoms with Crippen LogP contribution in [0.15, 0.2) is 35.7 Å². The lowest BCUT2D eigenvalue weighted by Gasteiger charge is -2.35. The van der Waals surface area contributed by atoms with Crippen LogP contribution in [0.4, 0.5) is 11.8 Å². The molecular weight excluding hydrogens is 404 g/mol. The average molecular weight is 437 g/mol. The van der Waals surface area contributed by atoms with Crippen molar-refractivity contribution in [3.8, 4) is 10.6 Å². The highest BCUT2D eigenvalue weighted by atomic mass is 32.1. The van der Waals surface area contributed by atoms with Gasteiger partial charge >= 0.3 is 0 Å². The number of thiazole rings is 1. The molecule has 1 aromatic carbocycles. The third-order valence-corrected chi connectivity index (χ3v) is 6.63. The third-order valence-electron chi connectivity index (χ3n) is 5.69. The smallest absolute Gasteiger partial charge is 0.226 e. The van der Waals surface area contributed by atoms with E-state index in [0.29, 0.717) is 5.92 Å². The van der Waals surface area contributed by atoms with Crippen LogP contribution in [-0.2, 0) is 6.54 Å². The Morgan fingerprint density at radius 1 is 1.00 bits per heavy atom. The number of rotatable bonds is 6. The molecule has 1 fully saturated rings. The Hall–Kier alpha value is -2.51. The van der Waals surface area contributed by atoms with Gasteiger partial charge in [0.05, 0.1) is 5.69 Å². The van der Waals surface area contributed by atoms with Gasteiger partial charge in [-0.2, -0.15) is 4.98 Å². The fraction of sp³-hybridized carbons (Fsp3) is 0.458. The fourth-order valence-electron chi connectivity index (χ4n) is 3.79. The van der Waals surface area contributed by atoms with Gasteiger partial charge in [0.2, 0.25) is 5.95 Å². The van der Waals surface area contributed by atoms with E-state index in [1.54, 1.807) is 11.3 Å². The molecule has 1 saturated heterocycles. The van der Waals surface area contributed by atoms with Gasteiger partial charge in [-0.3, -0.25) is 4.90 Å². The molecule has 0 spiro atoms. The lowest BCUT2D eigenvalue weighted by atomic mass is 10.0. The molecule has 0 unspecified atom stereocenters. The molecule has 3 heterocycles. The Morgan fingerprint density at radius 3 is 2.35 bits per heavy atom. The van der Waals surface area contributed by atoms with E-state index >= 15 is 0 Å². The average Bonchev–Trinajstić information content (AvgIpc) is 3.22. The van der Waals surface area contributed by atoms with E-state index in [2.05, 4.69) is 64.3 Å². The number of hydrogen-bond donors (Lipinski definition) is 0. The van der Waals surface area contributed by atoms with Crippen LogP contribution in [0, 0.1) is 6.92 Å². The van der Waals surface area contributed by atoms with Gasteiger partial charge < -0.3 is 9.80 Å². The van der Waals surface area contributed by atoms with Gasteiger partial charge in [-0.05, 0) is 18.4 Å². The van der Waals surface area contributed by atoms with Gasteiger partial charge in [0, 0.05) is 69.5 Å². The minimum Gasteiger partial charge on any atom is -0.354 e.